The number of hydrogen-bond acceptors (Lipinski definition) is 4. The zero-order chi connectivity index (χ0) is 11.5. The summed E-state index contributed by atoms with van der Waals surface area (Å²) >= 11 is 0. The summed E-state index contributed by atoms with van der Waals surface area (Å²) in [5, 5.41) is 0. The smallest absolute Gasteiger partial charge is 0.127 e. The summed E-state index contributed by atoms with van der Waals surface area (Å²) in [6.07, 6.45) is 7.33. The van der Waals surface area contributed by atoms with Crippen molar-refractivity contribution in [3.8, 4) is 5.69 Å². The molecule has 0 amide bonds. The van der Waals surface area contributed by atoms with E-state index in [1.54, 1.807) is 6.20 Å². The Morgan fingerprint density at radius 2 is 1.88 bits per heavy atom. The van der Waals surface area contributed by atoms with E-state index < -0.39 is 0 Å². The average Bonchev–Trinajstić information content (AvgIpc) is 2.66. The molecule has 0 radical (unpaired) electrons. The molecule has 0 N–H and O–H groups in total. The molecule has 0 aliphatic rings. The zero-order valence-corrected chi connectivity index (χ0v) is 9.75. The minimum Gasteiger partial charge on any atom is -0.302 e. The lowest BCUT2D eigenvalue weighted by atomic mass is 10.4. The fourth-order valence-corrected chi connectivity index (χ4v) is 1.48. The first-order valence-corrected chi connectivity index (χ1v) is 5.13. The molecule has 2 rings (SSSR count). The summed E-state index contributed by atoms with van der Waals surface area (Å²) in [4.78, 5) is 14.8. The molecule has 0 saturated heterocycles. The first-order chi connectivity index (χ1) is 7.66. The summed E-state index contributed by atoms with van der Waals surface area (Å²) in [5.41, 5.74) is 0.944. The molecule has 16 heavy (non-hydrogen) atoms. The van der Waals surface area contributed by atoms with E-state index in [0.717, 1.165) is 23.9 Å². The Hall–Kier alpha value is -1.75. The number of rotatable bonds is 3. The normalized spacial score (nSPS) is 11.0. The van der Waals surface area contributed by atoms with Crippen LogP contribution in [-0.4, -0.2) is 38.5 Å². The fourth-order valence-electron chi connectivity index (χ4n) is 1.48. The van der Waals surface area contributed by atoms with Crippen molar-refractivity contribution < 1.29 is 0 Å². The van der Waals surface area contributed by atoms with Gasteiger partial charge in [0.2, 0.25) is 0 Å². The standard InChI is InChI=1S/C11H15N5/c1-9-13-6-10(7-14-9)16-5-4-12-11(16)8-15(2)3/h4-7H,8H2,1-3H3. The van der Waals surface area contributed by atoms with Crippen molar-refractivity contribution in [3.63, 3.8) is 0 Å². The predicted octanol–water partition coefficient (Wildman–Crippen LogP) is 1.03. The lowest BCUT2D eigenvalue weighted by Gasteiger charge is -2.11. The van der Waals surface area contributed by atoms with E-state index in [0.29, 0.717) is 0 Å². The number of nitrogens with zero attached hydrogens (tertiary/aromatic N) is 5. The molecule has 0 bridgehead atoms. The molecule has 0 aromatic carbocycles. The van der Waals surface area contributed by atoms with E-state index in [4.69, 9.17) is 0 Å². The highest BCUT2D eigenvalue weighted by atomic mass is 15.1. The van der Waals surface area contributed by atoms with Crippen LogP contribution < -0.4 is 0 Å². The van der Waals surface area contributed by atoms with Crippen molar-refractivity contribution >= 4 is 0 Å². The highest BCUT2D eigenvalue weighted by molar-refractivity contribution is 5.27. The molecular formula is C11H15N5. The van der Waals surface area contributed by atoms with Crippen LogP contribution in [-0.2, 0) is 6.54 Å². The first kappa shape index (κ1) is 10.8. The Morgan fingerprint density at radius 1 is 1.19 bits per heavy atom. The van der Waals surface area contributed by atoms with Gasteiger partial charge >= 0.3 is 0 Å². The molecule has 0 atom stereocenters. The molecule has 0 saturated carbocycles. The van der Waals surface area contributed by atoms with Crippen LogP contribution >= 0.6 is 0 Å². The maximum atomic E-state index is 4.32. The van der Waals surface area contributed by atoms with E-state index in [1.807, 2.05) is 44.2 Å². The van der Waals surface area contributed by atoms with Gasteiger partial charge in [0.05, 0.1) is 24.6 Å². The van der Waals surface area contributed by atoms with E-state index in [9.17, 15) is 0 Å². The molecule has 2 aromatic rings. The van der Waals surface area contributed by atoms with Gasteiger partial charge < -0.3 is 4.90 Å². The lowest BCUT2D eigenvalue weighted by Crippen LogP contribution is -2.15. The summed E-state index contributed by atoms with van der Waals surface area (Å²) in [6, 6.07) is 0. The predicted molar refractivity (Wildman–Crippen MR) is 61.3 cm³/mol. The van der Waals surface area contributed by atoms with Crippen LogP contribution in [0.1, 0.15) is 11.6 Å². The summed E-state index contributed by atoms with van der Waals surface area (Å²) in [5.74, 6) is 1.76. The SMILES string of the molecule is Cc1ncc(-n2ccnc2CN(C)C)cn1. The number of hydrogen-bond donors (Lipinski definition) is 0. The topological polar surface area (TPSA) is 46.8 Å². The molecule has 0 aliphatic heterocycles. The van der Waals surface area contributed by atoms with E-state index in [-0.39, 0.29) is 0 Å². The van der Waals surface area contributed by atoms with Gasteiger partial charge in [-0.05, 0) is 21.0 Å². The van der Waals surface area contributed by atoms with E-state index in [2.05, 4.69) is 19.9 Å². The number of imidazole rings is 1. The minimum absolute atomic E-state index is 0.776. The van der Waals surface area contributed by atoms with Crippen LogP contribution in [0.4, 0.5) is 0 Å². The van der Waals surface area contributed by atoms with Gasteiger partial charge in [-0.25, -0.2) is 15.0 Å². The average molecular weight is 217 g/mol. The summed E-state index contributed by atoms with van der Waals surface area (Å²) in [7, 11) is 4.04. The van der Waals surface area contributed by atoms with Crippen molar-refractivity contribution in [2.75, 3.05) is 14.1 Å². The second-order valence-electron chi connectivity index (χ2n) is 3.94. The van der Waals surface area contributed by atoms with Crippen molar-refractivity contribution in [1.29, 1.82) is 0 Å². The zero-order valence-electron chi connectivity index (χ0n) is 9.75. The molecule has 0 spiro atoms. The second-order valence-corrected chi connectivity index (χ2v) is 3.94. The number of aromatic nitrogens is 4. The first-order valence-electron chi connectivity index (χ1n) is 5.13. The van der Waals surface area contributed by atoms with Gasteiger partial charge in [0.1, 0.15) is 11.6 Å². The third kappa shape index (κ3) is 2.25. The van der Waals surface area contributed by atoms with Crippen LogP contribution in [0.25, 0.3) is 5.69 Å². The monoisotopic (exact) mass is 217 g/mol. The van der Waals surface area contributed by atoms with Crippen LogP contribution in [0.5, 0.6) is 0 Å². The Kier molecular flexibility index (Phi) is 2.96. The molecule has 0 aliphatic carbocycles. The molecule has 0 fully saturated rings. The Labute approximate surface area is 94.8 Å². The Balaban J connectivity index is 2.33. The van der Waals surface area contributed by atoms with Gasteiger partial charge in [-0.3, -0.25) is 4.57 Å². The van der Waals surface area contributed by atoms with Crippen LogP contribution in [0.3, 0.4) is 0 Å². The maximum Gasteiger partial charge on any atom is 0.127 e. The van der Waals surface area contributed by atoms with Crippen molar-refractivity contribution in [2.24, 2.45) is 0 Å². The minimum atomic E-state index is 0.776. The summed E-state index contributed by atoms with van der Waals surface area (Å²) < 4.78 is 2.00. The van der Waals surface area contributed by atoms with Crippen LogP contribution in [0.2, 0.25) is 0 Å². The highest BCUT2D eigenvalue weighted by Crippen LogP contribution is 2.09. The number of aryl methyl sites for hydroxylation is 1. The Morgan fingerprint density at radius 3 is 2.50 bits per heavy atom. The maximum absolute atomic E-state index is 4.32. The van der Waals surface area contributed by atoms with Crippen LogP contribution in [0.15, 0.2) is 24.8 Å². The van der Waals surface area contributed by atoms with E-state index >= 15 is 0 Å². The van der Waals surface area contributed by atoms with Gasteiger partial charge in [-0.15, -0.1) is 0 Å². The second kappa shape index (κ2) is 4.40. The van der Waals surface area contributed by atoms with Gasteiger partial charge in [0, 0.05) is 12.4 Å². The Bertz CT molecular complexity index is 457. The third-order valence-corrected chi connectivity index (χ3v) is 2.22. The van der Waals surface area contributed by atoms with Gasteiger partial charge in [-0.1, -0.05) is 0 Å². The third-order valence-electron chi connectivity index (χ3n) is 2.22. The largest absolute Gasteiger partial charge is 0.302 e. The van der Waals surface area contributed by atoms with Crippen LogP contribution in [0, 0.1) is 6.92 Å². The molecule has 84 valence electrons. The van der Waals surface area contributed by atoms with Gasteiger partial charge in [0.15, 0.2) is 0 Å². The molecule has 2 heterocycles. The van der Waals surface area contributed by atoms with Gasteiger partial charge in [0.25, 0.3) is 0 Å². The molecular weight excluding hydrogens is 202 g/mol. The quantitative estimate of drug-likeness (QED) is 0.770. The summed E-state index contributed by atoms with van der Waals surface area (Å²) in [6.45, 7) is 2.67. The lowest BCUT2D eigenvalue weighted by molar-refractivity contribution is 0.388. The fraction of sp³-hybridized carbons (Fsp3) is 0.364. The van der Waals surface area contributed by atoms with Crippen molar-refractivity contribution in [1.82, 2.24) is 24.4 Å². The molecule has 0 unspecified atom stereocenters. The van der Waals surface area contributed by atoms with Crippen molar-refractivity contribution in [3.05, 3.63) is 36.4 Å². The van der Waals surface area contributed by atoms with Crippen molar-refractivity contribution in [2.45, 2.75) is 13.5 Å². The molecule has 5 nitrogen and oxygen atoms in total. The molecule has 2 aromatic heterocycles. The molecule has 5 heteroatoms. The highest BCUT2D eigenvalue weighted by Gasteiger charge is 2.06. The van der Waals surface area contributed by atoms with Gasteiger partial charge in [-0.2, -0.15) is 0 Å². The van der Waals surface area contributed by atoms with E-state index in [1.165, 1.54) is 0 Å².